The monoisotopic (exact) mass is 421 g/mol. The van der Waals surface area contributed by atoms with Crippen LogP contribution in [0.25, 0.3) is 11.0 Å². The smallest absolute Gasteiger partial charge is 0.417 e. The molecule has 4 rings (SSSR count). The Kier molecular flexibility index (Phi) is 4.56. The van der Waals surface area contributed by atoms with Gasteiger partial charge in [-0.1, -0.05) is 0 Å². The van der Waals surface area contributed by atoms with Crippen molar-refractivity contribution in [2.45, 2.75) is 12.4 Å². The summed E-state index contributed by atoms with van der Waals surface area (Å²) in [5, 5.41) is 2.64. The third kappa shape index (κ3) is 3.19. The largest absolute Gasteiger partial charge is 0.493 e. The SMILES string of the molecule is COc1ccc2c(c1OC)C(=O)O[C@@H]2Nc1ccc2c(C(F)(F)F)cc(=O)oc2c1. The highest BCUT2D eigenvalue weighted by Crippen LogP contribution is 2.42. The third-order valence-electron chi connectivity index (χ3n) is 4.64. The Morgan fingerprint density at radius 1 is 1.03 bits per heavy atom. The van der Waals surface area contributed by atoms with Gasteiger partial charge < -0.3 is 23.9 Å². The van der Waals surface area contributed by atoms with Crippen LogP contribution < -0.4 is 20.4 Å². The van der Waals surface area contributed by atoms with Gasteiger partial charge in [0.25, 0.3) is 0 Å². The van der Waals surface area contributed by atoms with Crippen LogP contribution in [0.2, 0.25) is 0 Å². The minimum atomic E-state index is -4.71. The second-order valence-corrected chi connectivity index (χ2v) is 6.38. The summed E-state index contributed by atoms with van der Waals surface area (Å²) in [7, 11) is 2.81. The summed E-state index contributed by atoms with van der Waals surface area (Å²) in [4.78, 5) is 23.9. The van der Waals surface area contributed by atoms with Crippen molar-refractivity contribution >= 4 is 22.6 Å². The van der Waals surface area contributed by atoms with Gasteiger partial charge >= 0.3 is 17.8 Å². The van der Waals surface area contributed by atoms with Crippen LogP contribution >= 0.6 is 0 Å². The van der Waals surface area contributed by atoms with E-state index in [-0.39, 0.29) is 28.0 Å². The zero-order valence-electron chi connectivity index (χ0n) is 15.6. The number of carbonyl (C=O) groups excluding carboxylic acids is 1. The quantitative estimate of drug-likeness (QED) is 0.501. The van der Waals surface area contributed by atoms with E-state index in [0.717, 1.165) is 0 Å². The van der Waals surface area contributed by atoms with Crippen LogP contribution in [-0.4, -0.2) is 20.2 Å². The van der Waals surface area contributed by atoms with Crippen LogP contribution in [0.1, 0.15) is 27.7 Å². The summed E-state index contributed by atoms with van der Waals surface area (Å²) in [6, 6.07) is 7.40. The molecule has 7 nitrogen and oxygen atoms in total. The van der Waals surface area contributed by atoms with Crippen LogP contribution in [-0.2, 0) is 10.9 Å². The fraction of sp³-hybridized carbons (Fsp3) is 0.200. The van der Waals surface area contributed by atoms with Gasteiger partial charge in [-0.3, -0.25) is 0 Å². The van der Waals surface area contributed by atoms with Crippen molar-refractivity contribution in [3.63, 3.8) is 0 Å². The molecule has 0 unspecified atom stereocenters. The Morgan fingerprint density at radius 2 is 1.80 bits per heavy atom. The zero-order valence-corrected chi connectivity index (χ0v) is 15.6. The Labute approximate surface area is 167 Å². The first-order chi connectivity index (χ1) is 14.2. The van der Waals surface area contributed by atoms with Crippen LogP contribution in [0.5, 0.6) is 11.5 Å². The van der Waals surface area contributed by atoms with Crippen LogP contribution in [0, 0.1) is 0 Å². The zero-order chi connectivity index (χ0) is 21.6. The van der Waals surface area contributed by atoms with Gasteiger partial charge in [0, 0.05) is 28.8 Å². The molecule has 30 heavy (non-hydrogen) atoms. The van der Waals surface area contributed by atoms with E-state index in [9.17, 15) is 22.8 Å². The number of fused-ring (bicyclic) bond motifs is 2. The number of halogens is 3. The second kappa shape index (κ2) is 6.97. The molecule has 0 fully saturated rings. The molecule has 0 spiro atoms. The predicted molar refractivity (Wildman–Crippen MR) is 98.8 cm³/mol. The van der Waals surface area contributed by atoms with Crippen molar-refractivity contribution in [2.24, 2.45) is 0 Å². The minimum Gasteiger partial charge on any atom is -0.493 e. The molecule has 0 amide bonds. The molecule has 1 aliphatic heterocycles. The molecule has 1 atom stereocenters. The number of esters is 1. The number of ether oxygens (including phenoxy) is 3. The van der Waals surface area contributed by atoms with E-state index in [4.69, 9.17) is 18.6 Å². The first-order valence-electron chi connectivity index (χ1n) is 8.60. The Bertz CT molecular complexity index is 1220. The van der Waals surface area contributed by atoms with Gasteiger partial charge in [-0.2, -0.15) is 13.2 Å². The van der Waals surface area contributed by atoms with Crippen molar-refractivity contribution in [3.05, 3.63) is 63.5 Å². The van der Waals surface area contributed by atoms with Crippen molar-refractivity contribution < 1.29 is 36.6 Å². The van der Waals surface area contributed by atoms with Gasteiger partial charge in [0.2, 0.25) is 6.23 Å². The number of anilines is 1. The number of benzene rings is 2. The van der Waals surface area contributed by atoms with Crippen molar-refractivity contribution in [1.82, 2.24) is 0 Å². The first kappa shape index (κ1) is 19.6. The number of hydrogen-bond acceptors (Lipinski definition) is 7. The van der Waals surface area contributed by atoms with Gasteiger partial charge in [0.05, 0.1) is 19.8 Å². The highest BCUT2D eigenvalue weighted by atomic mass is 19.4. The lowest BCUT2D eigenvalue weighted by atomic mass is 10.1. The minimum absolute atomic E-state index is 0.182. The molecular weight excluding hydrogens is 407 g/mol. The molecule has 3 aromatic rings. The summed E-state index contributed by atoms with van der Waals surface area (Å²) < 4.78 is 60.3. The molecule has 0 aliphatic carbocycles. The van der Waals surface area contributed by atoms with Gasteiger partial charge in [-0.05, 0) is 24.3 Å². The van der Waals surface area contributed by atoms with E-state index in [1.807, 2.05) is 0 Å². The fourth-order valence-corrected chi connectivity index (χ4v) is 3.35. The third-order valence-corrected chi connectivity index (χ3v) is 4.64. The number of alkyl halides is 3. The average Bonchev–Trinajstić information content (AvgIpc) is 3.01. The lowest BCUT2D eigenvalue weighted by molar-refractivity contribution is -0.136. The first-order valence-corrected chi connectivity index (χ1v) is 8.60. The van der Waals surface area contributed by atoms with Crippen molar-refractivity contribution in [1.29, 1.82) is 0 Å². The second-order valence-electron chi connectivity index (χ2n) is 6.38. The highest BCUT2D eigenvalue weighted by molar-refractivity contribution is 5.98. The summed E-state index contributed by atoms with van der Waals surface area (Å²) in [6.45, 7) is 0. The van der Waals surface area contributed by atoms with E-state index in [0.29, 0.717) is 17.4 Å². The van der Waals surface area contributed by atoms with Crippen LogP contribution in [0.4, 0.5) is 18.9 Å². The van der Waals surface area contributed by atoms with Gasteiger partial charge in [0.15, 0.2) is 11.5 Å². The fourth-order valence-electron chi connectivity index (χ4n) is 3.35. The van der Waals surface area contributed by atoms with E-state index in [2.05, 4.69) is 5.32 Å². The van der Waals surface area contributed by atoms with Crippen molar-refractivity contribution in [3.8, 4) is 11.5 Å². The Hall–Kier alpha value is -3.69. The predicted octanol–water partition coefficient (Wildman–Crippen LogP) is 4.11. The molecular formula is C20H14F3NO6. The summed E-state index contributed by atoms with van der Waals surface area (Å²) >= 11 is 0. The number of cyclic esters (lactones) is 1. The van der Waals surface area contributed by atoms with Gasteiger partial charge in [-0.25, -0.2) is 9.59 Å². The molecule has 0 saturated carbocycles. The molecule has 1 aromatic heterocycles. The standard InChI is InChI=1S/C20H14F3NO6/c1-27-13-6-5-11-16(17(13)28-2)19(26)30-18(11)24-9-3-4-10-12(20(21,22)23)8-15(25)29-14(10)7-9/h3-8,18,24H,1-2H3/t18-/m0/s1. The molecule has 0 radical (unpaired) electrons. The maximum absolute atomic E-state index is 13.2. The van der Waals surface area contributed by atoms with E-state index in [1.54, 1.807) is 12.1 Å². The van der Waals surface area contributed by atoms with E-state index < -0.39 is 29.6 Å². The van der Waals surface area contributed by atoms with E-state index in [1.165, 1.54) is 32.4 Å². The lowest BCUT2D eigenvalue weighted by Crippen LogP contribution is -2.12. The maximum atomic E-state index is 13.2. The molecule has 0 saturated heterocycles. The average molecular weight is 421 g/mol. The maximum Gasteiger partial charge on any atom is 0.417 e. The molecule has 10 heteroatoms. The Morgan fingerprint density at radius 3 is 2.47 bits per heavy atom. The number of methoxy groups -OCH3 is 2. The van der Waals surface area contributed by atoms with Crippen LogP contribution in [0.15, 0.2) is 45.6 Å². The van der Waals surface area contributed by atoms with Crippen LogP contribution in [0.3, 0.4) is 0 Å². The summed E-state index contributed by atoms with van der Waals surface area (Å²) in [6.07, 6.45) is -5.64. The van der Waals surface area contributed by atoms with Gasteiger partial charge in [0.1, 0.15) is 11.1 Å². The molecule has 1 N–H and O–H groups in total. The number of carbonyl (C=O) groups is 1. The van der Waals surface area contributed by atoms with Crippen molar-refractivity contribution in [2.75, 3.05) is 19.5 Å². The molecule has 156 valence electrons. The highest BCUT2D eigenvalue weighted by Gasteiger charge is 2.36. The summed E-state index contributed by atoms with van der Waals surface area (Å²) in [5.41, 5.74) is -1.54. The van der Waals surface area contributed by atoms with Gasteiger partial charge in [-0.15, -0.1) is 0 Å². The van der Waals surface area contributed by atoms with E-state index >= 15 is 0 Å². The number of nitrogens with one attached hydrogen (secondary N) is 1. The molecule has 0 bridgehead atoms. The Balaban J connectivity index is 1.73. The molecule has 2 aromatic carbocycles. The summed E-state index contributed by atoms with van der Waals surface area (Å²) in [5.74, 6) is -0.0884. The number of hydrogen-bond donors (Lipinski definition) is 1. The topological polar surface area (TPSA) is 87.0 Å². The normalized spacial score (nSPS) is 15.6. The molecule has 1 aliphatic rings. The molecule has 2 heterocycles. The number of rotatable bonds is 4. The lowest BCUT2D eigenvalue weighted by Gasteiger charge is -2.16.